The summed E-state index contributed by atoms with van der Waals surface area (Å²) in [6, 6.07) is 3.63. The van der Waals surface area contributed by atoms with E-state index in [9.17, 15) is 18.0 Å². The van der Waals surface area contributed by atoms with Gasteiger partial charge in [-0.25, -0.2) is 8.42 Å². The van der Waals surface area contributed by atoms with Gasteiger partial charge in [-0.3, -0.25) is 9.59 Å². The zero-order valence-corrected chi connectivity index (χ0v) is 24.2. The fraction of sp³-hybridized carbons (Fsp3) is 0.571. The van der Waals surface area contributed by atoms with Gasteiger partial charge in [0.25, 0.3) is 11.8 Å². The summed E-state index contributed by atoms with van der Waals surface area (Å²) in [6.07, 6.45) is 2.99. The molecule has 7 nitrogen and oxygen atoms in total. The van der Waals surface area contributed by atoms with Crippen LogP contribution in [0.4, 0.5) is 5.00 Å². The first kappa shape index (κ1) is 27.6. The van der Waals surface area contributed by atoms with Crippen molar-refractivity contribution in [2.45, 2.75) is 73.3 Å². The van der Waals surface area contributed by atoms with Gasteiger partial charge in [0, 0.05) is 10.9 Å². The third-order valence-corrected chi connectivity index (χ3v) is 10.4. The van der Waals surface area contributed by atoms with Gasteiger partial charge >= 0.3 is 0 Å². The molecule has 4 rings (SSSR count). The number of fused-ring (bicyclic) bond motifs is 1. The molecule has 1 saturated heterocycles. The largest absolute Gasteiger partial charge is 0.483 e. The van der Waals surface area contributed by atoms with E-state index in [1.165, 1.54) is 11.3 Å². The molecule has 9 heteroatoms. The van der Waals surface area contributed by atoms with Gasteiger partial charge in [0.2, 0.25) is 0 Å². The van der Waals surface area contributed by atoms with Gasteiger partial charge < -0.3 is 15.4 Å². The first-order chi connectivity index (χ1) is 17.2. The summed E-state index contributed by atoms with van der Waals surface area (Å²) >= 11 is 1.46. The minimum absolute atomic E-state index is 0.0397. The molecule has 1 fully saturated rings. The van der Waals surface area contributed by atoms with E-state index in [1.54, 1.807) is 0 Å². The fourth-order valence-electron chi connectivity index (χ4n) is 5.51. The Morgan fingerprint density at radius 3 is 2.38 bits per heavy atom. The summed E-state index contributed by atoms with van der Waals surface area (Å²) in [5, 5.41) is 6.38. The molecular formula is C28H38N2O5S2. The number of aryl methyl sites for hydroxylation is 3. The second kappa shape index (κ2) is 10.4. The van der Waals surface area contributed by atoms with Gasteiger partial charge in [0.1, 0.15) is 10.8 Å². The molecule has 0 saturated carbocycles. The predicted molar refractivity (Wildman–Crippen MR) is 149 cm³/mol. The number of ether oxygens (including phenoxy) is 1. The number of nitrogens with one attached hydrogen (secondary N) is 2. The molecule has 2 aromatic rings. The average molecular weight is 547 g/mol. The molecule has 1 aliphatic carbocycles. The van der Waals surface area contributed by atoms with E-state index >= 15 is 0 Å². The first-order valence-electron chi connectivity index (χ1n) is 12.9. The van der Waals surface area contributed by atoms with Crippen molar-refractivity contribution in [2.24, 2.45) is 11.3 Å². The molecule has 2 unspecified atom stereocenters. The van der Waals surface area contributed by atoms with Crippen molar-refractivity contribution in [3.8, 4) is 5.75 Å². The molecular weight excluding hydrogens is 508 g/mol. The maximum absolute atomic E-state index is 13.4. The first-order valence-corrected chi connectivity index (χ1v) is 15.5. The normalized spacial score (nSPS) is 20.8. The van der Waals surface area contributed by atoms with E-state index in [0.29, 0.717) is 28.7 Å². The number of sulfone groups is 1. The van der Waals surface area contributed by atoms with Crippen LogP contribution >= 0.6 is 11.3 Å². The Balaban J connectivity index is 1.56. The summed E-state index contributed by atoms with van der Waals surface area (Å²) in [4.78, 5) is 27.5. The van der Waals surface area contributed by atoms with Crippen molar-refractivity contribution in [2.75, 3.05) is 23.4 Å². The highest BCUT2D eigenvalue weighted by Gasteiger charge is 2.36. The summed E-state index contributed by atoms with van der Waals surface area (Å²) in [5.74, 6) is 0.583. The van der Waals surface area contributed by atoms with Crippen LogP contribution in [0.3, 0.4) is 0 Å². The molecule has 2 aliphatic rings. The second-order valence-electron chi connectivity index (χ2n) is 11.7. The molecule has 2 atom stereocenters. The number of anilines is 1. The summed E-state index contributed by atoms with van der Waals surface area (Å²) < 4.78 is 29.7. The van der Waals surface area contributed by atoms with Crippen LogP contribution in [0, 0.1) is 32.1 Å². The zero-order valence-electron chi connectivity index (χ0n) is 22.6. The summed E-state index contributed by atoms with van der Waals surface area (Å²) in [7, 11) is -3.12. The number of carbonyl (C=O) groups excluding carboxylic acids is 2. The van der Waals surface area contributed by atoms with Gasteiger partial charge in [0.05, 0.1) is 17.1 Å². The maximum Gasteiger partial charge on any atom is 0.262 e. The average Bonchev–Trinajstić information content (AvgIpc) is 3.30. The van der Waals surface area contributed by atoms with Gasteiger partial charge in [-0.1, -0.05) is 38.5 Å². The molecule has 1 aromatic heterocycles. The minimum atomic E-state index is -3.12. The van der Waals surface area contributed by atoms with Crippen LogP contribution in [-0.4, -0.2) is 44.4 Å². The van der Waals surface area contributed by atoms with Crippen molar-refractivity contribution in [1.82, 2.24) is 5.32 Å². The lowest BCUT2D eigenvalue weighted by atomic mass is 9.72. The molecule has 202 valence electrons. The Morgan fingerprint density at radius 2 is 1.78 bits per heavy atom. The van der Waals surface area contributed by atoms with E-state index in [-0.39, 0.29) is 35.3 Å². The topological polar surface area (TPSA) is 102 Å². The Labute approximate surface area is 224 Å². The highest BCUT2D eigenvalue weighted by molar-refractivity contribution is 7.91. The number of amides is 2. The van der Waals surface area contributed by atoms with E-state index in [4.69, 9.17) is 4.74 Å². The standard InChI is InChI=1S/C28H38N2O5S2/c1-16-11-17(2)25(18(3)12-16)35-14-23(31)30-27-24(26(32)29-20-9-10-37(33,34)15-20)21-8-7-19(28(4,5)6)13-22(21)36-27/h11-12,19-20H,7-10,13-15H2,1-6H3,(H,29,32)(H,30,31). The Morgan fingerprint density at radius 1 is 1.11 bits per heavy atom. The minimum Gasteiger partial charge on any atom is -0.483 e. The SMILES string of the molecule is Cc1cc(C)c(OCC(=O)Nc2sc3c(c2C(=O)NC2CCS(=O)(=O)C2)CCC(C(C)(C)C)C3)c(C)c1. The van der Waals surface area contributed by atoms with Crippen molar-refractivity contribution in [3.63, 3.8) is 0 Å². The molecule has 2 heterocycles. The Kier molecular flexibility index (Phi) is 7.77. The quantitative estimate of drug-likeness (QED) is 0.544. The number of rotatable bonds is 6. The molecule has 2 amide bonds. The summed E-state index contributed by atoms with van der Waals surface area (Å²) in [5.41, 5.74) is 4.67. The smallest absolute Gasteiger partial charge is 0.262 e. The highest BCUT2D eigenvalue weighted by atomic mass is 32.2. The molecule has 1 aliphatic heterocycles. The van der Waals surface area contributed by atoms with Crippen LogP contribution in [0.25, 0.3) is 0 Å². The monoisotopic (exact) mass is 546 g/mol. The van der Waals surface area contributed by atoms with Crippen LogP contribution in [0.2, 0.25) is 0 Å². The van der Waals surface area contributed by atoms with Gasteiger partial charge in [0.15, 0.2) is 16.4 Å². The maximum atomic E-state index is 13.4. The number of hydrogen-bond donors (Lipinski definition) is 2. The van der Waals surface area contributed by atoms with Crippen molar-refractivity contribution >= 4 is 38.0 Å². The second-order valence-corrected chi connectivity index (χ2v) is 15.0. The summed E-state index contributed by atoms with van der Waals surface area (Å²) in [6.45, 7) is 12.5. The fourth-order valence-corrected chi connectivity index (χ4v) is 8.53. The number of benzene rings is 1. The third kappa shape index (κ3) is 6.37. The Bertz CT molecular complexity index is 1300. The van der Waals surface area contributed by atoms with Crippen molar-refractivity contribution < 1.29 is 22.7 Å². The van der Waals surface area contributed by atoms with E-state index < -0.39 is 15.9 Å². The predicted octanol–water partition coefficient (Wildman–Crippen LogP) is 4.76. The lowest BCUT2D eigenvalue weighted by Gasteiger charge is -2.33. The number of carbonyl (C=O) groups is 2. The van der Waals surface area contributed by atoms with Crippen LogP contribution in [0.5, 0.6) is 5.75 Å². The number of hydrogen-bond acceptors (Lipinski definition) is 6. The molecule has 0 radical (unpaired) electrons. The lowest BCUT2D eigenvalue weighted by molar-refractivity contribution is -0.118. The molecule has 1 aromatic carbocycles. The Hall–Kier alpha value is -2.39. The highest BCUT2D eigenvalue weighted by Crippen LogP contribution is 2.44. The van der Waals surface area contributed by atoms with Crippen LogP contribution in [-0.2, 0) is 27.5 Å². The van der Waals surface area contributed by atoms with E-state index in [2.05, 4.69) is 31.4 Å². The third-order valence-electron chi connectivity index (χ3n) is 7.49. The lowest BCUT2D eigenvalue weighted by Crippen LogP contribution is -2.36. The van der Waals surface area contributed by atoms with Gasteiger partial charge in [-0.2, -0.15) is 0 Å². The van der Waals surface area contributed by atoms with E-state index in [0.717, 1.165) is 46.4 Å². The molecule has 0 spiro atoms. The zero-order chi connectivity index (χ0) is 27.1. The van der Waals surface area contributed by atoms with Crippen LogP contribution in [0.1, 0.15) is 71.1 Å². The van der Waals surface area contributed by atoms with E-state index in [1.807, 2.05) is 32.9 Å². The van der Waals surface area contributed by atoms with Gasteiger partial charge in [-0.05, 0) is 74.5 Å². The molecule has 2 N–H and O–H groups in total. The van der Waals surface area contributed by atoms with Gasteiger partial charge in [-0.15, -0.1) is 11.3 Å². The van der Waals surface area contributed by atoms with Crippen molar-refractivity contribution in [3.05, 3.63) is 44.8 Å². The van der Waals surface area contributed by atoms with Crippen LogP contribution in [0.15, 0.2) is 12.1 Å². The molecule has 0 bridgehead atoms. The number of thiophene rings is 1. The molecule has 37 heavy (non-hydrogen) atoms. The van der Waals surface area contributed by atoms with Crippen molar-refractivity contribution in [1.29, 1.82) is 0 Å². The van der Waals surface area contributed by atoms with Crippen LogP contribution < -0.4 is 15.4 Å².